The van der Waals surface area contributed by atoms with Gasteiger partial charge in [0.1, 0.15) is 10.7 Å². The lowest BCUT2D eigenvalue weighted by Gasteiger charge is -2.39. The molecule has 0 radical (unpaired) electrons. The van der Waals surface area contributed by atoms with Gasteiger partial charge in [-0.3, -0.25) is 9.69 Å². The van der Waals surface area contributed by atoms with Crippen LogP contribution >= 0.6 is 11.5 Å². The van der Waals surface area contributed by atoms with Gasteiger partial charge in [0, 0.05) is 32.0 Å². The van der Waals surface area contributed by atoms with E-state index in [1.54, 1.807) is 6.20 Å². The van der Waals surface area contributed by atoms with Crippen LogP contribution in [0.25, 0.3) is 0 Å². The van der Waals surface area contributed by atoms with Crippen LogP contribution in [0, 0.1) is 0 Å². The highest BCUT2D eigenvalue weighted by Crippen LogP contribution is 2.24. The maximum absolute atomic E-state index is 12.8. The fourth-order valence-corrected chi connectivity index (χ4v) is 3.57. The second kappa shape index (κ2) is 6.53. The number of carbonyl (C=O) groups excluding carboxylic acids is 1. The Morgan fingerprint density at radius 1 is 1.45 bits per heavy atom. The van der Waals surface area contributed by atoms with Crippen molar-refractivity contribution in [3.05, 3.63) is 28.8 Å². The Morgan fingerprint density at radius 3 is 3.00 bits per heavy atom. The minimum absolute atomic E-state index is 0.0409. The minimum atomic E-state index is 0.0409. The fraction of sp³-hybridized carbons (Fsp3) is 0.571. The summed E-state index contributed by atoms with van der Waals surface area (Å²) < 4.78 is 3.92. The Hall–Kier alpha value is -1.80. The molecular weight excluding hydrogens is 300 g/mol. The molecule has 1 atom stereocenters. The molecule has 22 heavy (non-hydrogen) atoms. The Morgan fingerprint density at radius 2 is 2.32 bits per heavy atom. The van der Waals surface area contributed by atoms with Gasteiger partial charge in [-0.15, -0.1) is 5.10 Å². The van der Waals surface area contributed by atoms with Crippen molar-refractivity contribution in [1.82, 2.24) is 29.4 Å². The van der Waals surface area contributed by atoms with Gasteiger partial charge in [-0.25, -0.2) is 4.98 Å². The highest BCUT2D eigenvalue weighted by atomic mass is 32.1. The first-order valence-electron chi connectivity index (χ1n) is 7.58. The van der Waals surface area contributed by atoms with E-state index >= 15 is 0 Å². The summed E-state index contributed by atoms with van der Waals surface area (Å²) in [6, 6.07) is 0.114. The van der Waals surface area contributed by atoms with E-state index < -0.39 is 0 Å². The first-order chi connectivity index (χ1) is 10.7. The van der Waals surface area contributed by atoms with Gasteiger partial charge in [0.15, 0.2) is 0 Å². The molecule has 1 aliphatic heterocycles. The number of likely N-dealkylation sites (N-methyl/N-ethyl adjacent to an activating group) is 1. The molecule has 1 N–H and O–H groups in total. The van der Waals surface area contributed by atoms with Gasteiger partial charge in [0.05, 0.1) is 11.7 Å². The summed E-state index contributed by atoms with van der Waals surface area (Å²) in [6.45, 7) is 7.28. The maximum atomic E-state index is 12.8. The monoisotopic (exact) mass is 320 g/mol. The van der Waals surface area contributed by atoms with Crippen molar-refractivity contribution in [2.75, 3.05) is 26.2 Å². The average Bonchev–Trinajstić information content (AvgIpc) is 3.24. The molecule has 1 unspecified atom stereocenters. The zero-order valence-electron chi connectivity index (χ0n) is 12.8. The first kappa shape index (κ1) is 15.1. The molecule has 0 aromatic carbocycles. The number of aromatic nitrogens is 4. The van der Waals surface area contributed by atoms with Crippen molar-refractivity contribution in [2.45, 2.75) is 26.3 Å². The predicted octanol–water partition coefficient (Wildman–Crippen LogP) is 1.34. The molecule has 0 aliphatic carbocycles. The summed E-state index contributed by atoms with van der Waals surface area (Å²) >= 11 is 1.19. The highest BCUT2D eigenvalue weighted by Gasteiger charge is 2.32. The number of amides is 1. The third-order valence-electron chi connectivity index (χ3n) is 4.10. The smallest absolute Gasteiger partial charge is 0.267 e. The molecule has 2 aromatic heterocycles. The van der Waals surface area contributed by atoms with E-state index in [0.29, 0.717) is 11.4 Å². The topological polar surface area (TPSA) is 78.0 Å². The Kier molecular flexibility index (Phi) is 4.49. The number of piperazine rings is 1. The van der Waals surface area contributed by atoms with Crippen molar-refractivity contribution in [3.63, 3.8) is 0 Å². The minimum Gasteiger partial charge on any atom is -0.347 e. The molecule has 7 nitrogen and oxygen atoms in total. The zero-order valence-corrected chi connectivity index (χ0v) is 13.6. The van der Waals surface area contributed by atoms with Crippen LogP contribution in [0.5, 0.6) is 0 Å². The number of nitrogens with one attached hydrogen (secondary N) is 1. The summed E-state index contributed by atoms with van der Waals surface area (Å²) in [5.41, 5.74) is 0.794. The van der Waals surface area contributed by atoms with E-state index in [2.05, 4.69) is 31.4 Å². The third kappa shape index (κ3) is 2.76. The quantitative estimate of drug-likeness (QED) is 0.920. The van der Waals surface area contributed by atoms with Crippen molar-refractivity contribution < 1.29 is 4.79 Å². The van der Waals surface area contributed by atoms with Crippen LogP contribution < -0.4 is 0 Å². The van der Waals surface area contributed by atoms with E-state index in [1.807, 2.05) is 18.0 Å². The number of hydrogen-bond donors (Lipinski definition) is 1. The van der Waals surface area contributed by atoms with Crippen molar-refractivity contribution in [1.29, 1.82) is 0 Å². The van der Waals surface area contributed by atoms with E-state index in [0.717, 1.165) is 37.6 Å². The van der Waals surface area contributed by atoms with E-state index in [-0.39, 0.29) is 11.9 Å². The summed E-state index contributed by atoms with van der Waals surface area (Å²) in [5.74, 6) is 0.955. The van der Waals surface area contributed by atoms with Gasteiger partial charge in [-0.1, -0.05) is 18.3 Å². The van der Waals surface area contributed by atoms with Crippen LogP contribution in [-0.2, 0) is 6.42 Å². The van der Waals surface area contributed by atoms with E-state index in [1.165, 1.54) is 11.5 Å². The molecule has 0 spiro atoms. The number of nitrogens with zero attached hydrogens (tertiary/aromatic N) is 5. The Bertz CT molecular complexity index is 625. The van der Waals surface area contributed by atoms with Crippen LogP contribution in [0.3, 0.4) is 0 Å². The number of H-pyrrole nitrogens is 1. The Labute approximate surface area is 133 Å². The number of hydrogen-bond acceptors (Lipinski definition) is 6. The lowest BCUT2D eigenvalue weighted by Crippen LogP contribution is -2.50. The first-order valence-corrected chi connectivity index (χ1v) is 8.35. The highest BCUT2D eigenvalue weighted by molar-refractivity contribution is 7.08. The summed E-state index contributed by atoms with van der Waals surface area (Å²) in [4.78, 5) is 25.2. The molecule has 8 heteroatoms. The van der Waals surface area contributed by atoms with Crippen molar-refractivity contribution >= 4 is 17.4 Å². The second-order valence-electron chi connectivity index (χ2n) is 5.27. The van der Waals surface area contributed by atoms with Crippen LogP contribution in [0.4, 0.5) is 0 Å². The molecule has 1 amide bonds. The zero-order chi connectivity index (χ0) is 15.5. The standard InChI is InChI=1S/C14H20N6OS/c1-3-10-12(22-18-17-10)14(21)20-8-7-19(4-2)11(9-20)13-15-5-6-16-13/h5-6,11H,3-4,7-9H2,1-2H3,(H,15,16). The largest absolute Gasteiger partial charge is 0.347 e. The van der Waals surface area contributed by atoms with Crippen LogP contribution in [-0.4, -0.2) is 61.4 Å². The van der Waals surface area contributed by atoms with Gasteiger partial charge in [-0.2, -0.15) is 0 Å². The maximum Gasteiger partial charge on any atom is 0.267 e. The number of carbonyl (C=O) groups is 1. The molecule has 0 bridgehead atoms. The molecule has 1 fully saturated rings. The molecule has 3 heterocycles. The second-order valence-corrected chi connectivity index (χ2v) is 6.03. The van der Waals surface area contributed by atoms with Crippen LogP contribution in [0.2, 0.25) is 0 Å². The van der Waals surface area contributed by atoms with Gasteiger partial charge >= 0.3 is 0 Å². The summed E-state index contributed by atoms with van der Waals surface area (Å²) in [6.07, 6.45) is 4.31. The van der Waals surface area contributed by atoms with E-state index in [9.17, 15) is 4.79 Å². The number of aryl methyl sites for hydroxylation is 1. The molecule has 3 rings (SSSR count). The van der Waals surface area contributed by atoms with Crippen molar-refractivity contribution in [3.8, 4) is 0 Å². The Balaban J connectivity index is 1.80. The summed E-state index contributed by atoms with van der Waals surface area (Å²) in [5, 5.41) is 4.04. The van der Waals surface area contributed by atoms with E-state index in [4.69, 9.17) is 0 Å². The molecule has 118 valence electrons. The molecule has 1 saturated heterocycles. The molecule has 0 saturated carbocycles. The van der Waals surface area contributed by atoms with Gasteiger partial charge in [-0.05, 0) is 24.5 Å². The van der Waals surface area contributed by atoms with Crippen molar-refractivity contribution in [2.24, 2.45) is 0 Å². The number of rotatable bonds is 4. The third-order valence-corrected chi connectivity index (χ3v) is 4.86. The average molecular weight is 320 g/mol. The van der Waals surface area contributed by atoms with Crippen LogP contribution in [0.1, 0.15) is 41.1 Å². The number of imidazole rings is 1. The van der Waals surface area contributed by atoms with Crippen LogP contribution in [0.15, 0.2) is 12.4 Å². The molecule has 2 aromatic rings. The predicted molar refractivity (Wildman–Crippen MR) is 83.8 cm³/mol. The van der Waals surface area contributed by atoms with Gasteiger partial charge in [0.2, 0.25) is 0 Å². The molecule has 1 aliphatic rings. The molecular formula is C14H20N6OS. The van der Waals surface area contributed by atoms with Gasteiger partial charge in [0.25, 0.3) is 5.91 Å². The fourth-order valence-electron chi connectivity index (χ4n) is 2.85. The summed E-state index contributed by atoms with van der Waals surface area (Å²) in [7, 11) is 0. The van der Waals surface area contributed by atoms with Gasteiger partial charge < -0.3 is 9.88 Å². The number of aromatic amines is 1. The lowest BCUT2D eigenvalue weighted by atomic mass is 10.1. The SMILES string of the molecule is CCc1nnsc1C(=O)N1CCN(CC)C(c2ncc[nH]2)C1. The normalized spacial score (nSPS) is 19.5. The lowest BCUT2D eigenvalue weighted by molar-refractivity contribution is 0.0483.